The Morgan fingerprint density at radius 3 is 2.65 bits per heavy atom. The molecule has 0 spiro atoms. The molecule has 1 aliphatic rings. The summed E-state index contributed by atoms with van der Waals surface area (Å²) in [6.45, 7) is 3.53. The van der Waals surface area contributed by atoms with Crippen molar-refractivity contribution < 1.29 is 18.3 Å². The Morgan fingerprint density at radius 2 is 2.05 bits per heavy atom. The van der Waals surface area contributed by atoms with Gasteiger partial charge in [0.15, 0.2) is 0 Å². The van der Waals surface area contributed by atoms with Gasteiger partial charge in [-0.2, -0.15) is 4.31 Å². The molecule has 0 saturated carbocycles. The van der Waals surface area contributed by atoms with E-state index in [1.54, 1.807) is 13.8 Å². The third kappa shape index (κ3) is 2.20. The molecule has 1 aromatic rings. The van der Waals surface area contributed by atoms with Gasteiger partial charge in [-0.15, -0.1) is 0 Å². The molecule has 0 aromatic heterocycles. The molecule has 1 saturated heterocycles. The molecule has 1 aromatic carbocycles. The smallest absolute Gasteiger partial charge is 0.244 e. The summed E-state index contributed by atoms with van der Waals surface area (Å²) < 4.78 is 26.4. The van der Waals surface area contributed by atoms with Crippen molar-refractivity contribution in [3.63, 3.8) is 0 Å². The molecule has 1 heterocycles. The monoisotopic (exact) mass is 299 g/mol. The highest BCUT2D eigenvalue weighted by Crippen LogP contribution is 2.30. The minimum atomic E-state index is -3.86. The van der Waals surface area contributed by atoms with Crippen LogP contribution in [0.4, 0.5) is 5.69 Å². The Balaban J connectivity index is 2.49. The molecule has 2 rings (SSSR count). The second-order valence-corrected chi connectivity index (χ2v) is 6.98. The van der Waals surface area contributed by atoms with E-state index in [9.17, 15) is 18.3 Å². The predicted octanol–water partition coefficient (Wildman–Crippen LogP) is -0.126. The second-order valence-electron chi connectivity index (χ2n) is 5.11. The van der Waals surface area contributed by atoms with Crippen LogP contribution in [0.15, 0.2) is 23.1 Å². The average Bonchev–Trinajstić information content (AvgIpc) is 2.35. The zero-order chi connectivity index (χ0) is 15.1. The number of benzene rings is 1. The molecular weight excluding hydrogens is 282 g/mol. The second kappa shape index (κ2) is 4.64. The fourth-order valence-corrected chi connectivity index (χ4v) is 3.91. The van der Waals surface area contributed by atoms with Gasteiger partial charge >= 0.3 is 0 Å². The van der Waals surface area contributed by atoms with Crippen LogP contribution >= 0.6 is 0 Å². The minimum Gasteiger partial charge on any atom is -0.506 e. The first-order chi connectivity index (χ1) is 9.17. The molecule has 1 amide bonds. The summed E-state index contributed by atoms with van der Waals surface area (Å²) in [7, 11) is -3.86. The van der Waals surface area contributed by atoms with Gasteiger partial charge in [-0.05, 0) is 32.0 Å². The molecular formula is C12H17N3O4S. The van der Waals surface area contributed by atoms with Gasteiger partial charge in [0.05, 0.1) is 10.6 Å². The lowest BCUT2D eigenvalue weighted by atomic mass is 10.0. The molecule has 1 fully saturated rings. The van der Waals surface area contributed by atoms with Crippen molar-refractivity contribution in [2.45, 2.75) is 24.3 Å². The number of amides is 1. The number of nitrogens with two attached hydrogens (primary N) is 1. The number of nitrogen functional groups attached to an aromatic ring is 1. The predicted molar refractivity (Wildman–Crippen MR) is 73.5 cm³/mol. The van der Waals surface area contributed by atoms with Crippen molar-refractivity contribution in [1.29, 1.82) is 0 Å². The summed E-state index contributed by atoms with van der Waals surface area (Å²) in [5, 5.41) is 12.0. The molecule has 7 nitrogen and oxygen atoms in total. The van der Waals surface area contributed by atoms with Crippen molar-refractivity contribution in [3.8, 4) is 5.75 Å². The van der Waals surface area contributed by atoms with Gasteiger partial charge < -0.3 is 16.2 Å². The van der Waals surface area contributed by atoms with Gasteiger partial charge in [-0.1, -0.05) is 0 Å². The minimum absolute atomic E-state index is 0.0228. The van der Waals surface area contributed by atoms with E-state index in [1.807, 2.05) is 0 Å². The lowest BCUT2D eigenvalue weighted by Crippen LogP contribution is -2.63. The van der Waals surface area contributed by atoms with Crippen LogP contribution in [-0.4, -0.2) is 42.4 Å². The number of carbonyl (C=O) groups is 1. The molecule has 110 valence electrons. The summed E-state index contributed by atoms with van der Waals surface area (Å²) in [4.78, 5) is 11.8. The molecule has 20 heavy (non-hydrogen) atoms. The summed E-state index contributed by atoms with van der Waals surface area (Å²) in [5.41, 5.74) is 4.33. The number of phenols is 1. The largest absolute Gasteiger partial charge is 0.506 e. The lowest BCUT2D eigenvalue weighted by Gasteiger charge is -2.39. The van der Waals surface area contributed by atoms with Crippen LogP contribution in [0.5, 0.6) is 5.75 Å². The number of nitrogens with zero attached hydrogens (tertiary/aromatic N) is 1. The maximum atomic E-state index is 12.6. The number of rotatable bonds is 2. The van der Waals surface area contributed by atoms with Crippen molar-refractivity contribution >= 4 is 21.6 Å². The normalized spacial score (nSPS) is 19.6. The first-order valence-electron chi connectivity index (χ1n) is 6.07. The van der Waals surface area contributed by atoms with Crippen LogP contribution in [0, 0.1) is 0 Å². The van der Waals surface area contributed by atoms with Crippen LogP contribution in [0.3, 0.4) is 0 Å². The first-order valence-corrected chi connectivity index (χ1v) is 7.51. The highest BCUT2D eigenvalue weighted by molar-refractivity contribution is 7.89. The summed E-state index contributed by atoms with van der Waals surface area (Å²) in [5.74, 6) is -0.529. The Bertz CT molecular complexity index is 655. The number of piperazine rings is 1. The molecule has 0 aliphatic carbocycles. The van der Waals surface area contributed by atoms with Gasteiger partial charge in [-0.25, -0.2) is 8.42 Å². The number of anilines is 1. The maximum absolute atomic E-state index is 12.6. The van der Waals surface area contributed by atoms with Crippen molar-refractivity contribution in [2.75, 3.05) is 18.8 Å². The van der Waals surface area contributed by atoms with Crippen LogP contribution < -0.4 is 11.1 Å². The van der Waals surface area contributed by atoms with E-state index < -0.39 is 15.6 Å². The zero-order valence-electron chi connectivity index (χ0n) is 11.3. The molecule has 0 radical (unpaired) electrons. The van der Waals surface area contributed by atoms with Crippen LogP contribution in [0.2, 0.25) is 0 Å². The van der Waals surface area contributed by atoms with Crippen LogP contribution in [-0.2, 0) is 14.8 Å². The number of aromatic hydroxyl groups is 1. The SMILES string of the molecule is CC1(C)C(=O)NCCN1S(=O)(=O)c1ccc(O)c(N)c1. The highest BCUT2D eigenvalue weighted by atomic mass is 32.2. The molecule has 4 N–H and O–H groups in total. The number of carbonyl (C=O) groups excluding carboxylic acids is 1. The van der Waals surface area contributed by atoms with E-state index >= 15 is 0 Å². The van der Waals surface area contributed by atoms with Gasteiger partial charge in [0.25, 0.3) is 0 Å². The fraction of sp³-hybridized carbons (Fsp3) is 0.417. The van der Waals surface area contributed by atoms with Crippen LogP contribution in [0.25, 0.3) is 0 Å². The van der Waals surface area contributed by atoms with Gasteiger partial charge in [0.2, 0.25) is 15.9 Å². The van der Waals surface area contributed by atoms with Crippen molar-refractivity contribution in [3.05, 3.63) is 18.2 Å². The number of hydrogen-bond acceptors (Lipinski definition) is 5. The van der Waals surface area contributed by atoms with Crippen LogP contribution in [0.1, 0.15) is 13.8 Å². The van der Waals surface area contributed by atoms with E-state index in [2.05, 4.69) is 5.32 Å². The number of hydrogen-bond donors (Lipinski definition) is 3. The summed E-state index contributed by atoms with van der Waals surface area (Å²) in [6.07, 6.45) is 0. The lowest BCUT2D eigenvalue weighted by molar-refractivity contribution is -0.131. The Kier molecular flexibility index (Phi) is 3.39. The van der Waals surface area contributed by atoms with E-state index in [4.69, 9.17) is 5.73 Å². The molecule has 0 unspecified atom stereocenters. The molecule has 0 atom stereocenters. The van der Waals surface area contributed by atoms with Gasteiger partial charge in [0.1, 0.15) is 11.3 Å². The average molecular weight is 299 g/mol. The standard InChI is InChI=1S/C12H17N3O4S/c1-12(2)11(17)14-5-6-15(12)20(18,19)8-3-4-10(16)9(13)7-8/h3-4,7,16H,5-6,13H2,1-2H3,(H,14,17). The van der Waals surface area contributed by atoms with Crippen molar-refractivity contribution in [1.82, 2.24) is 9.62 Å². The molecule has 0 bridgehead atoms. The third-order valence-corrected chi connectivity index (χ3v) is 5.44. The Labute approximate surface area is 117 Å². The van der Waals surface area contributed by atoms with E-state index in [0.29, 0.717) is 0 Å². The Hall–Kier alpha value is -1.80. The van der Waals surface area contributed by atoms with Gasteiger partial charge in [0, 0.05) is 13.1 Å². The number of phenolic OH excluding ortho intramolecular Hbond substituents is 1. The van der Waals surface area contributed by atoms with E-state index in [0.717, 1.165) is 4.31 Å². The number of nitrogens with one attached hydrogen (secondary N) is 1. The zero-order valence-corrected chi connectivity index (χ0v) is 12.1. The van der Waals surface area contributed by atoms with Crippen molar-refractivity contribution in [2.24, 2.45) is 0 Å². The maximum Gasteiger partial charge on any atom is 0.244 e. The third-order valence-electron chi connectivity index (χ3n) is 3.37. The van der Waals surface area contributed by atoms with Gasteiger partial charge in [-0.3, -0.25) is 4.79 Å². The molecule has 1 aliphatic heterocycles. The van der Waals surface area contributed by atoms with E-state index in [1.165, 1.54) is 18.2 Å². The fourth-order valence-electron chi connectivity index (χ4n) is 2.12. The summed E-state index contributed by atoms with van der Waals surface area (Å²) in [6, 6.07) is 3.68. The topological polar surface area (TPSA) is 113 Å². The number of sulfonamides is 1. The molecule has 8 heteroatoms. The van der Waals surface area contributed by atoms with E-state index in [-0.39, 0.29) is 35.3 Å². The summed E-state index contributed by atoms with van der Waals surface area (Å²) >= 11 is 0. The Morgan fingerprint density at radius 1 is 1.40 bits per heavy atom. The highest BCUT2D eigenvalue weighted by Gasteiger charge is 2.44. The first kappa shape index (κ1) is 14.6. The quantitative estimate of drug-likeness (QED) is 0.520.